The van der Waals surface area contributed by atoms with Crippen molar-refractivity contribution in [1.29, 1.82) is 0 Å². The summed E-state index contributed by atoms with van der Waals surface area (Å²) in [6, 6.07) is 3.88. The highest BCUT2D eigenvalue weighted by Crippen LogP contribution is 2.21. The normalized spacial score (nSPS) is 10.8. The van der Waals surface area contributed by atoms with Crippen molar-refractivity contribution in [2.75, 3.05) is 12.3 Å². The maximum Gasteiger partial charge on any atom is 0.150 e. The number of aromatic nitrogens is 1. The quantitative estimate of drug-likeness (QED) is 0.635. The molecule has 0 aliphatic heterocycles. The van der Waals surface area contributed by atoms with Crippen LogP contribution in [0.4, 0.5) is 0 Å². The van der Waals surface area contributed by atoms with E-state index in [2.05, 4.69) is 15.7 Å². The molecule has 0 spiro atoms. The molecule has 2 aromatic heterocycles. The minimum absolute atomic E-state index is 0.796. The minimum atomic E-state index is 0.796. The molecule has 2 heterocycles. The monoisotopic (exact) mass is 254 g/mol. The fraction of sp³-hybridized carbons (Fsp3) is 0.364. The standard InChI is InChI=1S/C11H14N2OS2/c1-9-8-16-11(13-9)15-6-4-12-7-10-3-2-5-14-10/h2-3,5,8,12H,4,6-7H2,1H3. The first-order valence-electron chi connectivity index (χ1n) is 5.12. The molecule has 5 heteroatoms. The van der Waals surface area contributed by atoms with Crippen molar-refractivity contribution < 1.29 is 4.42 Å². The fourth-order valence-electron chi connectivity index (χ4n) is 1.23. The second kappa shape index (κ2) is 6.08. The van der Waals surface area contributed by atoms with Gasteiger partial charge in [-0.1, -0.05) is 11.8 Å². The number of rotatable bonds is 6. The smallest absolute Gasteiger partial charge is 0.150 e. The van der Waals surface area contributed by atoms with E-state index in [0.717, 1.165) is 34.6 Å². The first-order chi connectivity index (χ1) is 7.84. The molecule has 0 unspecified atom stereocenters. The Kier molecular flexibility index (Phi) is 4.44. The lowest BCUT2D eigenvalue weighted by atomic mass is 10.4. The highest BCUT2D eigenvalue weighted by molar-refractivity contribution is 8.01. The topological polar surface area (TPSA) is 38.1 Å². The van der Waals surface area contributed by atoms with E-state index in [1.807, 2.05) is 19.1 Å². The van der Waals surface area contributed by atoms with Crippen molar-refractivity contribution in [1.82, 2.24) is 10.3 Å². The number of nitrogens with zero attached hydrogens (tertiary/aromatic N) is 1. The zero-order valence-corrected chi connectivity index (χ0v) is 10.7. The summed E-state index contributed by atoms with van der Waals surface area (Å²) >= 11 is 3.50. The number of furan rings is 1. The Morgan fingerprint density at radius 2 is 2.50 bits per heavy atom. The molecule has 0 radical (unpaired) electrons. The lowest BCUT2D eigenvalue weighted by molar-refractivity contribution is 0.488. The number of aryl methyl sites for hydroxylation is 1. The summed E-state index contributed by atoms with van der Waals surface area (Å²) < 4.78 is 6.37. The molecule has 0 aliphatic rings. The molecule has 0 amide bonds. The van der Waals surface area contributed by atoms with Gasteiger partial charge in [0, 0.05) is 23.4 Å². The molecule has 0 saturated carbocycles. The van der Waals surface area contributed by atoms with Gasteiger partial charge in [-0.25, -0.2) is 4.98 Å². The van der Waals surface area contributed by atoms with Gasteiger partial charge >= 0.3 is 0 Å². The zero-order valence-electron chi connectivity index (χ0n) is 9.10. The summed E-state index contributed by atoms with van der Waals surface area (Å²) in [5.74, 6) is 2.02. The maximum atomic E-state index is 5.22. The van der Waals surface area contributed by atoms with Crippen molar-refractivity contribution in [3.05, 3.63) is 35.2 Å². The average molecular weight is 254 g/mol. The first kappa shape index (κ1) is 11.7. The highest BCUT2D eigenvalue weighted by Gasteiger charge is 1.99. The van der Waals surface area contributed by atoms with Gasteiger partial charge < -0.3 is 9.73 Å². The molecule has 0 aromatic carbocycles. The second-order valence-corrected chi connectivity index (χ2v) is 5.56. The van der Waals surface area contributed by atoms with Crippen LogP contribution >= 0.6 is 23.1 Å². The molecule has 0 aliphatic carbocycles. The van der Waals surface area contributed by atoms with Gasteiger partial charge in [0.05, 0.1) is 12.8 Å². The summed E-state index contributed by atoms with van der Waals surface area (Å²) in [6.07, 6.45) is 1.70. The van der Waals surface area contributed by atoms with Crippen LogP contribution in [0.2, 0.25) is 0 Å². The maximum absolute atomic E-state index is 5.22. The number of hydrogen-bond donors (Lipinski definition) is 1. The van der Waals surface area contributed by atoms with Crippen molar-refractivity contribution in [3.63, 3.8) is 0 Å². The van der Waals surface area contributed by atoms with Crippen molar-refractivity contribution in [2.45, 2.75) is 17.8 Å². The molecule has 0 fully saturated rings. The number of thiazole rings is 1. The number of nitrogens with one attached hydrogen (secondary N) is 1. The lowest BCUT2D eigenvalue weighted by Gasteiger charge is -2.00. The minimum Gasteiger partial charge on any atom is -0.468 e. The molecule has 1 N–H and O–H groups in total. The van der Waals surface area contributed by atoms with Crippen LogP contribution < -0.4 is 5.32 Å². The van der Waals surface area contributed by atoms with E-state index in [1.165, 1.54) is 0 Å². The van der Waals surface area contributed by atoms with Gasteiger partial charge in [-0.15, -0.1) is 11.3 Å². The van der Waals surface area contributed by atoms with E-state index >= 15 is 0 Å². The predicted molar refractivity (Wildman–Crippen MR) is 68.0 cm³/mol. The third-order valence-electron chi connectivity index (χ3n) is 1.98. The average Bonchev–Trinajstić information content (AvgIpc) is 2.89. The van der Waals surface area contributed by atoms with Crippen LogP contribution in [-0.4, -0.2) is 17.3 Å². The van der Waals surface area contributed by atoms with Gasteiger partial charge in [-0.3, -0.25) is 0 Å². The molecule has 2 aromatic rings. The fourth-order valence-corrected chi connectivity index (χ4v) is 3.05. The van der Waals surface area contributed by atoms with E-state index in [4.69, 9.17) is 4.42 Å². The van der Waals surface area contributed by atoms with Gasteiger partial charge in [0.25, 0.3) is 0 Å². The molecule has 2 rings (SSSR count). The van der Waals surface area contributed by atoms with E-state index < -0.39 is 0 Å². The predicted octanol–water partition coefficient (Wildman–Crippen LogP) is 2.93. The first-order valence-corrected chi connectivity index (χ1v) is 6.99. The molecular formula is C11H14N2OS2. The van der Waals surface area contributed by atoms with Crippen LogP contribution in [0.25, 0.3) is 0 Å². The Balaban J connectivity index is 1.59. The largest absolute Gasteiger partial charge is 0.468 e. The molecule has 0 atom stereocenters. The summed E-state index contributed by atoms with van der Waals surface area (Å²) in [4.78, 5) is 4.39. The third-order valence-corrected chi connectivity index (χ3v) is 4.12. The SMILES string of the molecule is Cc1csc(SCCNCc2ccco2)n1. The van der Waals surface area contributed by atoms with Crippen molar-refractivity contribution in [3.8, 4) is 0 Å². The van der Waals surface area contributed by atoms with Crippen LogP contribution in [0.1, 0.15) is 11.5 Å². The summed E-state index contributed by atoms with van der Waals surface area (Å²) in [5.41, 5.74) is 1.11. The summed E-state index contributed by atoms with van der Waals surface area (Å²) in [7, 11) is 0. The molecule has 86 valence electrons. The molecular weight excluding hydrogens is 240 g/mol. The Bertz CT molecular complexity index is 411. The van der Waals surface area contributed by atoms with E-state index in [9.17, 15) is 0 Å². The molecule has 0 bridgehead atoms. The number of hydrogen-bond acceptors (Lipinski definition) is 5. The van der Waals surface area contributed by atoms with Crippen LogP contribution in [0.3, 0.4) is 0 Å². The van der Waals surface area contributed by atoms with Crippen LogP contribution in [-0.2, 0) is 6.54 Å². The highest BCUT2D eigenvalue weighted by atomic mass is 32.2. The summed E-state index contributed by atoms with van der Waals surface area (Å²) in [6.45, 7) is 3.78. The third kappa shape index (κ3) is 3.66. The molecule has 3 nitrogen and oxygen atoms in total. The van der Waals surface area contributed by atoms with Crippen molar-refractivity contribution in [2.24, 2.45) is 0 Å². The van der Waals surface area contributed by atoms with Gasteiger partial charge in [-0.2, -0.15) is 0 Å². The van der Waals surface area contributed by atoms with Crippen LogP contribution in [0, 0.1) is 6.92 Å². The van der Waals surface area contributed by atoms with E-state index in [0.29, 0.717) is 0 Å². The van der Waals surface area contributed by atoms with Gasteiger partial charge in [0.2, 0.25) is 0 Å². The van der Waals surface area contributed by atoms with Gasteiger partial charge in [0.15, 0.2) is 0 Å². The lowest BCUT2D eigenvalue weighted by Crippen LogP contribution is -2.15. The van der Waals surface area contributed by atoms with Gasteiger partial charge in [0.1, 0.15) is 10.1 Å². The van der Waals surface area contributed by atoms with Crippen molar-refractivity contribution >= 4 is 23.1 Å². The number of thioether (sulfide) groups is 1. The van der Waals surface area contributed by atoms with Gasteiger partial charge in [-0.05, 0) is 19.1 Å². The second-order valence-electron chi connectivity index (χ2n) is 3.36. The van der Waals surface area contributed by atoms with Crippen LogP contribution in [0.15, 0.2) is 32.5 Å². The molecule has 0 saturated heterocycles. The molecule has 16 heavy (non-hydrogen) atoms. The Hall–Kier alpha value is -0.780. The Labute approximate surface area is 103 Å². The van der Waals surface area contributed by atoms with Crippen LogP contribution in [0.5, 0.6) is 0 Å². The Morgan fingerprint density at radius 1 is 1.56 bits per heavy atom. The van der Waals surface area contributed by atoms with E-state index in [-0.39, 0.29) is 0 Å². The summed E-state index contributed by atoms with van der Waals surface area (Å²) in [5, 5.41) is 5.41. The zero-order chi connectivity index (χ0) is 11.2. The van der Waals surface area contributed by atoms with E-state index in [1.54, 1.807) is 29.4 Å². The Morgan fingerprint density at radius 3 is 3.19 bits per heavy atom.